The standard InChI is InChI=1S/C11H18N6O2/c1-7-4-16(5-8(7)15(2)3)11-9(17(18)19)10(12)13-6-14-11/h6-8H,4-5H2,1-3H3,(H2,12,13,14). The van der Waals surface area contributed by atoms with Crippen LogP contribution in [0.25, 0.3) is 0 Å². The molecule has 1 aliphatic heterocycles. The lowest BCUT2D eigenvalue weighted by Crippen LogP contribution is -2.34. The lowest BCUT2D eigenvalue weighted by Gasteiger charge is -2.22. The summed E-state index contributed by atoms with van der Waals surface area (Å²) >= 11 is 0. The molecule has 2 unspecified atom stereocenters. The van der Waals surface area contributed by atoms with Crippen molar-refractivity contribution in [3.05, 3.63) is 16.4 Å². The first-order valence-electron chi connectivity index (χ1n) is 6.08. The van der Waals surface area contributed by atoms with Gasteiger partial charge in [-0.3, -0.25) is 10.1 Å². The van der Waals surface area contributed by atoms with Gasteiger partial charge in [-0.05, 0) is 20.0 Å². The van der Waals surface area contributed by atoms with E-state index in [-0.39, 0.29) is 11.5 Å². The van der Waals surface area contributed by atoms with Gasteiger partial charge in [-0.1, -0.05) is 6.92 Å². The minimum Gasteiger partial charge on any atom is -0.378 e. The molecule has 104 valence electrons. The molecule has 1 aromatic heterocycles. The Kier molecular flexibility index (Phi) is 3.52. The van der Waals surface area contributed by atoms with Gasteiger partial charge in [-0.25, -0.2) is 9.97 Å². The first-order chi connectivity index (χ1) is 8.91. The fourth-order valence-electron chi connectivity index (χ4n) is 2.58. The molecule has 1 aliphatic rings. The Labute approximate surface area is 111 Å². The Hall–Kier alpha value is -1.96. The van der Waals surface area contributed by atoms with Crippen LogP contribution >= 0.6 is 0 Å². The molecule has 0 spiro atoms. The summed E-state index contributed by atoms with van der Waals surface area (Å²) in [4.78, 5) is 22.4. The lowest BCUT2D eigenvalue weighted by atomic mass is 10.1. The summed E-state index contributed by atoms with van der Waals surface area (Å²) in [6, 6.07) is 0.343. The molecule has 1 aromatic rings. The maximum absolute atomic E-state index is 11.1. The molecule has 2 N–H and O–H groups in total. The van der Waals surface area contributed by atoms with E-state index in [1.54, 1.807) is 0 Å². The van der Waals surface area contributed by atoms with Crippen LogP contribution in [0.15, 0.2) is 6.33 Å². The molecule has 0 aliphatic carbocycles. The van der Waals surface area contributed by atoms with Crippen molar-refractivity contribution in [2.45, 2.75) is 13.0 Å². The number of nitro groups is 1. The van der Waals surface area contributed by atoms with Crippen molar-refractivity contribution < 1.29 is 4.92 Å². The fourth-order valence-corrected chi connectivity index (χ4v) is 2.58. The van der Waals surface area contributed by atoms with Gasteiger partial charge in [0.2, 0.25) is 11.6 Å². The molecule has 2 atom stereocenters. The van der Waals surface area contributed by atoms with Crippen LogP contribution in [0.2, 0.25) is 0 Å². The summed E-state index contributed by atoms with van der Waals surface area (Å²) in [6.45, 7) is 3.55. The summed E-state index contributed by atoms with van der Waals surface area (Å²) in [5, 5.41) is 11.1. The van der Waals surface area contributed by atoms with Gasteiger partial charge >= 0.3 is 5.69 Å². The lowest BCUT2D eigenvalue weighted by molar-refractivity contribution is -0.383. The summed E-state index contributed by atoms with van der Waals surface area (Å²) < 4.78 is 0. The van der Waals surface area contributed by atoms with Crippen LogP contribution in [0.3, 0.4) is 0 Å². The number of hydrogen-bond acceptors (Lipinski definition) is 7. The number of nitrogen functional groups attached to an aromatic ring is 1. The van der Waals surface area contributed by atoms with E-state index >= 15 is 0 Å². The van der Waals surface area contributed by atoms with Gasteiger partial charge < -0.3 is 15.5 Å². The van der Waals surface area contributed by atoms with Crippen LogP contribution in [0.5, 0.6) is 0 Å². The summed E-state index contributed by atoms with van der Waals surface area (Å²) in [5.74, 6) is 0.635. The van der Waals surface area contributed by atoms with E-state index < -0.39 is 4.92 Å². The molecular formula is C11H18N6O2. The number of rotatable bonds is 3. The van der Waals surface area contributed by atoms with Crippen molar-refractivity contribution in [3.63, 3.8) is 0 Å². The Balaban J connectivity index is 2.34. The molecule has 0 bridgehead atoms. The SMILES string of the molecule is CC1CN(c2ncnc(N)c2[N+](=O)[O-])CC1N(C)C. The van der Waals surface area contributed by atoms with Crippen molar-refractivity contribution in [2.75, 3.05) is 37.8 Å². The first-order valence-corrected chi connectivity index (χ1v) is 6.08. The van der Waals surface area contributed by atoms with E-state index in [1.165, 1.54) is 6.33 Å². The van der Waals surface area contributed by atoms with Gasteiger partial charge in [0.1, 0.15) is 6.33 Å². The molecule has 1 fully saturated rings. The molecule has 0 saturated carbocycles. The van der Waals surface area contributed by atoms with Crippen molar-refractivity contribution in [3.8, 4) is 0 Å². The Morgan fingerprint density at radius 1 is 1.47 bits per heavy atom. The third-order valence-corrected chi connectivity index (χ3v) is 3.55. The second kappa shape index (κ2) is 4.96. The average Bonchev–Trinajstić information content (AvgIpc) is 2.70. The predicted molar refractivity (Wildman–Crippen MR) is 72.0 cm³/mol. The van der Waals surface area contributed by atoms with Gasteiger partial charge in [-0.2, -0.15) is 0 Å². The van der Waals surface area contributed by atoms with Crippen LogP contribution in [-0.4, -0.2) is 53.0 Å². The minimum atomic E-state index is -0.516. The molecule has 0 aromatic carbocycles. The van der Waals surface area contributed by atoms with Gasteiger partial charge in [0, 0.05) is 19.1 Å². The number of nitrogens with zero attached hydrogens (tertiary/aromatic N) is 5. The van der Waals surface area contributed by atoms with Gasteiger partial charge in [0.15, 0.2) is 0 Å². The normalized spacial score (nSPS) is 23.1. The van der Waals surface area contributed by atoms with Crippen molar-refractivity contribution in [1.82, 2.24) is 14.9 Å². The number of nitrogens with two attached hydrogens (primary N) is 1. The predicted octanol–water partition coefficient (Wildman–Crippen LogP) is 0.353. The van der Waals surface area contributed by atoms with E-state index in [4.69, 9.17) is 5.73 Å². The Bertz CT molecular complexity index is 492. The van der Waals surface area contributed by atoms with Crippen molar-refractivity contribution in [1.29, 1.82) is 0 Å². The summed E-state index contributed by atoms with van der Waals surface area (Å²) in [5.41, 5.74) is 5.39. The van der Waals surface area contributed by atoms with E-state index in [0.29, 0.717) is 24.3 Å². The first kappa shape index (κ1) is 13.5. The van der Waals surface area contributed by atoms with Crippen LogP contribution in [0.1, 0.15) is 6.92 Å². The third kappa shape index (κ3) is 2.43. The highest BCUT2D eigenvalue weighted by atomic mass is 16.6. The number of hydrogen-bond donors (Lipinski definition) is 1. The second-order valence-electron chi connectivity index (χ2n) is 5.10. The zero-order valence-corrected chi connectivity index (χ0v) is 11.3. The molecule has 0 amide bonds. The molecule has 19 heavy (non-hydrogen) atoms. The van der Waals surface area contributed by atoms with Crippen LogP contribution in [-0.2, 0) is 0 Å². The molecule has 8 nitrogen and oxygen atoms in total. The highest BCUT2D eigenvalue weighted by Crippen LogP contribution is 2.33. The largest absolute Gasteiger partial charge is 0.378 e. The van der Waals surface area contributed by atoms with E-state index in [9.17, 15) is 10.1 Å². The van der Waals surface area contributed by atoms with Gasteiger partial charge in [0.05, 0.1) is 4.92 Å². The number of anilines is 2. The van der Waals surface area contributed by atoms with E-state index in [2.05, 4.69) is 21.8 Å². The molecular weight excluding hydrogens is 248 g/mol. The van der Waals surface area contributed by atoms with Crippen LogP contribution in [0.4, 0.5) is 17.3 Å². The van der Waals surface area contributed by atoms with E-state index in [1.807, 2.05) is 19.0 Å². The van der Waals surface area contributed by atoms with Crippen molar-refractivity contribution in [2.24, 2.45) is 5.92 Å². The molecule has 2 heterocycles. The van der Waals surface area contributed by atoms with Crippen molar-refractivity contribution >= 4 is 17.3 Å². The maximum atomic E-state index is 11.1. The molecule has 2 rings (SSSR count). The Morgan fingerprint density at radius 3 is 2.68 bits per heavy atom. The van der Waals surface area contributed by atoms with Gasteiger partial charge in [-0.15, -0.1) is 0 Å². The quantitative estimate of drug-likeness (QED) is 0.622. The highest BCUT2D eigenvalue weighted by Gasteiger charge is 2.35. The topological polar surface area (TPSA) is 101 Å². The highest BCUT2D eigenvalue weighted by molar-refractivity contribution is 5.68. The molecule has 0 radical (unpaired) electrons. The monoisotopic (exact) mass is 266 g/mol. The number of aromatic nitrogens is 2. The smallest absolute Gasteiger partial charge is 0.353 e. The summed E-state index contributed by atoms with van der Waals surface area (Å²) in [7, 11) is 4.01. The summed E-state index contributed by atoms with van der Waals surface area (Å²) in [6.07, 6.45) is 1.27. The second-order valence-corrected chi connectivity index (χ2v) is 5.10. The third-order valence-electron chi connectivity index (χ3n) is 3.55. The fraction of sp³-hybridized carbons (Fsp3) is 0.636. The average molecular weight is 266 g/mol. The number of likely N-dealkylation sites (N-methyl/N-ethyl adjacent to an activating group) is 1. The maximum Gasteiger partial charge on any atom is 0.353 e. The van der Waals surface area contributed by atoms with Crippen LogP contribution in [0, 0.1) is 16.0 Å². The zero-order chi connectivity index (χ0) is 14.2. The van der Waals surface area contributed by atoms with Gasteiger partial charge in [0.25, 0.3) is 0 Å². The van der Waals surface area contributed by atoms with Crippen LogP contribution < -0.4 is 10.6 Å². The Morgan fingerprint density at radius 2 is 2.16 bits per heavy atom. The molecule has 1 saturated heterocycles. The molecule has 8 heteroatoms. The minimum absolute atomic E-state index is 0.0871. The zero-order valence-electron chi connectivity index (χ0n) is 11.3. The van der Waals surface area contributed by atoms with E-state index in [0.717, 1.165) is 6.54 Å².